The molecule has 7 nitrogen and oxygen atoms in total. The number of carbonyl (C=O) groups excluding carboxylic acids is 1. The third-order valence-corrected chi connectivity index (χ3v) is 5.64. The lowest BCUT2D eigenvalue weighted by molar-refractivity contribution is -0.118. The number of methoxy groups -OCH3 is 1. The van der Waals surface area contributed by atoms with Gasteiger partial charge < -0.3 is 14.8 Å². The predicted octanol–water partition coefficient (Wildman–Crippen LogP) is 2.59. The maximum Gasteiger partial charge on any atom is 0.263 e. The van der Waals surface area contributed by atoms with Crippen molar-refractivity contribution in [1.29, 1.82) is 0 Å². The predicted molar refractivity (Wildman–Crippen MR) is 92.1 cm³/mol. The van der Waals surface area contributed by atoms with Gasteiger partial charge in [-0.3, -0.25) is 9.52 Å². The highest BCUT2D eigenvalue weighted by atomic mass is 79.9. The highest BCUT2D eigenvalue weighted by Crippen LogP contribution is 2.36. The number of hydrogen-bond donors (Lipinski definition) is 2. The average Bonchev–Trinajstić information content (AvgIpc) is 2.54. The van der Waals surface area contributed by atoms with E-state index in [9.17, 15) is 13.2 Å². The van der Waals surface area contributed by atoms with Gasteiger partial charge in [-0.25, -0.2) is 8.42 Å². The lowest BCUT2D eigenvalue weighted by Crippen LogP contribution is -2.26. The molecule has 3 rings (SSSR count). The summed E-state index contributed by atoms with van der Waals surface area (Å²) < 4.78 is 38.3. The fourth-order valence-corrected chi connectivity index (χ4v) is 4.27. The number of halogens is 1. The Labute approximate surface area is 147 Å². The Bertz CT molecular complexity index is 897. The van der Waals surface area contributed by atoms with E-state index in [4.69, 9.17) is 9.47 Å². The first-order valence-electron chi connectivity index (χ1n) is 6.82. The molecule has 1 aliphatic rings. The lowest BCUT2D eigenvalue weighted by atomic mass is 10.2. The van der Waals surface area contributed by atoms with Gasteiger partial charge in [0.05, 0.1) is 12.8 Å². The molecule has 0 unspecified atom stereocenters. The number of nitrogens with one attached hydrogen (secondary N) is 2. The summed E-state index contributed by atoms with van der Waals surface area (Å²) in [6.45, 7) is -0.153. The van der Waals surface area contributed by atoms with Gasteiger partial charge >= 0.3 is 0 Å². The minimum Gasteiger partial charge on any atom is -0.497 e. The van der Waals surface area contributed by atoms with E-state index in [0.717, 1.165) is 0 Å². The van der Waals surface area contributed by atoms with E-state index in [1.165, 1.54) is 19.2 Å². The SMILES string of the molecule is COc1ccc(NS(=O)(=O)c2cc3c(cc2Br)NC(=O)CO3)cc1. The molecule has 1 heterocycles. The maximum absolute atomic E-state index is 12.6. The zero-order valence-electron chi connectivity index (χ0n) is 12.5. The first-order valence-corrected chi connectivity index (χ1v) is 9.10. The summed E-state index contributed by atoms with van der Waals surface area (Å²) in [5.74, 6) is 0.631. The van der Waals surface area contributed by atoms with Crippen LogP contribution in [0.3, 0.4) is 0 Å². The number of sulfonamides is 1. The molecule has 0 radical (unpaired) electrons. The second-order valence-electron chi connectivity index (χ2n) is 4.95. The van der Waals surface area contributed by atoms with Gasteiger partial charge in [-0.05, 0) is 46.3 Å². The van der Waals surface area contributed by atoms with Crippen molar-refractivity contribution < 1.29 is 22.7 Å². The molecule has 9 heteroatoms. The largest absolute Gasteiger partial charge is 0.497 e. The Morgan fingerprint density at radius 1 is 1.25 bits per heavy atom. The molecule has 0 aliphatic carbocycles. The molecule has 2 N–H and O–H groups in total. The van der Waals surface area contributed by atoms with Crippen LogP contribution in [0.4, 0.5) is 11.4 Å². The molecule has 2 aromatic carbocycles. The van der Waals surface area contributed by atoms with Crippen molar-refractivity contribution in [1.82, 2.24) is 0 Å². The first-order chi connectivity index (χ1) is 11.4. The van der Waals surface area contributed by atoms with Crippen LogP contribution in [0.25, 0.3) is 0 Å². The summed E-state index contributed by atoms with van der Waals surface area (Å²) in [6, 6.07) is 9.36. The van der Waals surface area contributed by atoms with Crippen molar-refractivity contribution in [2.75, 3.05) is 23.8 Å². The Kier molecular flexibility index (Phi) is 4.37. The smallest absolute Gasteiger partial charge is 0.263 e. The van der Waals surface area contributed by atoms with Crippen molar-refractivity contribution >= 4 is 43.2 Å². The Morgan fingerprint density at radius 3 is 2.62 bits per heavy atom. The van der Waals surface area contributed by atoms with Gasteiger partial charge in [0.25, 0.3) is 15.9 Å². The summed E-state index contributed by atoms with van der Waals surface area (Å²) in [6.07, 6.45) is 0. The van der Waals surface area contributed by atoms with Crippen LogP contribution in [0.2, 0.25) is 0 Å². The monoisotopic (exact) mass is 412 g/mol. The van der Waals surface area contributed by atoms with Crippen molar-refractivity contribution in [3.05, 3.63) is 40.9 Å². The van der Waals surface area contributed by atoms with Gasteiger partial charge in [0.2, 0.25) is 0 Å². The summed E-state index contributed by atoms with van der Waals surface area (Å²) in [5.41, 5.74) is 0.816. The average molecular weight is 413 g/mol. The van der Waals surface area contributed by atoms with Crippen LogP contribution in [0.15, 0.2) is 45.8 Å². The highest BCUT2D eigenvalue weighted by molar-refractivity contribution is 9.10. The van der Waals surface area contributed by atoms with Gasteiger partial charge in [-0.1, -0.05) is 0 Å². The minimum atomic E-state index is -3.84. The maximum atomic E-state index is 12.6. The van der Waals surface area contributed by atoms with E-state index in [1.54, 1.807) is 24.3 Å². The number of benzene rings is 2. The van der Waals surface area contributed by atoms with E-state index >= 15 is 0 Å². The fraction of sp³-hybridized carbons (Fsp3) is 0.133. The number of fused-ring (bicyclic) bond motifs is 1. The first kappa shape index (κ1) is 16.6. The summed E-state index contributed by atoms with van der Waals surface area (Å²) in [4.78, 5) is 11.3. The van der Waals surface area contributed by atoms with E-state index in [-0.39, 0.29) is 17.4 Å². The van der Waals surface area contributed by atoms with Crippen molar-refractivity contribution in [2.24, 2.45) is 0 Å². The lowest BCUT2D eigenvalue weighted by Gasteiger charge is -2.19. The highest BCUT2D eigenvalue weighted by Gasteiger charge is 2.24. The van der Waals surface area contributed by atoms with Gasteiger partial charge in [-0.15, -0.1) is 0 Å². The van der Waals surface area contributed by atoms with Gasteiger partial charge in [0.15, 0.2) is 6.61 Å². The molecular weight excluding hydrogens is 400 g/mol. The van der Waals surface area contributed by atoms with Crippen LogP contribution in [0.5, 0.6) is 11.5 Å². The van der Waals surface area contributed by atoms with Crippen LogP contribution in [0.1, 0.15) is 0 Å². The van der Waals surface area contributed by atoms with E-state index in [2.05, 4.69) is 26.0 Å². The summed E-state index contributed by atoms with van der Waals surface area (Å²) >= 11 is 3.22. The summed E-state index contributed by atoms with van der Waals surface area (Å²) in [5, 5.41) is 2.62. The van der Waals surface area contributed by atoms with E-state index < -0.39 is 10.0 Å². The number of ether oxygens (including phenoxy) is 2. The Balaban J connectivity index is 1.93. The van der Waals surface area contributed by atoms with Crippen LogP contribution < -0.4 is 19.5 Å². The van der Waals surface area contributed by atoms with Crippen LogP contribution in [-0.2, 0) is 14.8 Å². The fourth-order valence-electron chi connectivity index (χ4n) is 2.16. The molecule has 0 fully saturated rings. The number of hydrogen-bond acceptors (Lipinski definition) is 5. The molecular formula is C15H13BrN2O5S. The molecule has 1 amide bonds. The third kappa shape index (κ3) is 3.31. The van der Waals surface area contributed by atoms with Gasteiger partial charge in [-0.2, -0.15) is 0 Å². The van der Waals surface area contributed by atoms with E-state index in [1.807, 2.05) is 0 Å². The molecule has 0 atom stereocenters. The molecule has 0 bridgehead atoms. The van der Waals surface area contributed by atoms with Gasteiger partial charge in [0.1, 0.15) is 16.4 Å². The molecule has 0 saturated heterocycles. The molecule has 1 aliphatic heterocycles. The zero-order valence-corrected chi connectivity index (χ0v) is 14.9. The zero-order chi connectivity index (χ0) is 17.3. The number of anilines is 2. The molecule has 0 spiro atoms. The number of amides is 1. The molecule has 126 valence electrons. The van der Waals surface area contributed by atoms with E-state index in [0.29, 0.717) is 27.3 Å². The van der Waals surface area contributed by atoms with Crippen LogP contribution in [-0.4, -0.2) is 28.0 Å². The normalized spacial score (nSPS) is 13.5. The number of rotatable bonds is 4. The van der Waals surface area contributed by atoms with Crippen molar-refractivity contribution in [3.8, 4) is 11.5 Å². The molecule has 2 aromatic rings. The van der Waals surface area contributed by atoms with Crippen molar-refractivity contribution in [3.63, 3.8) is 0 Å². The third-order valence-electron chi connectivity index (χ3n) is 3.30. The van der Waals surface area contributed by atoms with Crippen molar-refractivity contribution in [2.45, 2.75) is 4.90 Å². The minimum absolute atomic E-state index is 0.00761. The van der Waals surface area contributed by atoms with Crippen LogP contribution >= 0.6 is 15.9 Å². The van der Waals surface area contributed by atoms with Gasteiger partial charge in [0, 0.05) is 16.2 Å². The quantitative estimate of drug-likeness (QED) is 0.804. The summed E-state index contributed by atoms with van der Waals surface area (Å²) in [7, 11) is -2.31. The molecule has 0 aromatic heterocycles. The second kappa shape index (κ2) is 6.33. The number of carbonyl (C=O) groups is 1. The molecule has 24 heavy (non-hydrogen) atoms. The Morgan fingerprint density at radius 2 is 1.96 bits per heavy atom. The Hall–Kier alpha value is -2.26. The molecule has 0 saturated carbocycles. The standard InChI is InChI=1S/C15H13BrN2O5S/c1-22-10-4-2-9(3-5-10)18-24(20,21)14-7-13-12(6-11(14)16)17-15(19)8-23-13/h2-7,18H,8H2,1H3,(H,17,19). The topological polar surface area (TPSA) is 93.7 Å². The van der Waals surface area contributed by atoms with Crippen LogP contribution in [0, 0.1) is 0 Å². The second-order valence-corrected chi connectivity index (χ2v) is 7.45.